The van der Waals surface area contributed by atoms with Gasteiger partial charge < -0.3 is 5.73 Å². The average molecular weight is 209 g/mol. The highest BCUT2D eigenvalue weighted by atomic mass is 32.2. The Morgan fingerprint density at radius 2 is 2.08 bits per heavy atom. The molecular formula is C7H15NO4S. The minimum atomic E-state index is -2.65. The van der Waals surface area contributed by atoms with E-state index in [2.05, 4.69) is 16.5 Å². The molecule has 0 aromatic rings. The third-order valence-corrected chi connectivity index (χ3v) is 1.57. The van der Waals surface area contributed by atoms with Crippen LogP contribution in [0.4, 0.5) is 0 Å². The van der Waals surface area contributed by atoms with Crippen LogP contribution in [-0.2, 0) is 20.0 Å². The summed E-state index contributed by atoms with van der Waals surface area (Å²) < 4.78 is 23.9. The number of nitrogens with two attached hydrogens (primary N) is 1. The first kappa shape index (κ1) is 14.6. The monoisotopic (exact) mass is 209 g/mol. The summed E-state index contributed by atoms with van der Waals surface area (Å²) in [5.41, 5.74) is 4.53. The fraction of sp³-hybridized carbons (Fsp3) is 0.571. The molecule has 1 atom stereocenters. The number of thiol groups is 1. The molecule has 0 saturated heterocycles. The maximum absolute atomic E-state index is 9.78. The van der Waals surface area contributed by atoms with Crippen molar-refractivity contribution in [2.75, 3.05) is 0 Å². The second kappa shape index (κ2) is 9.21. The van der Waals surface area contributed by atoms with Gasteiger partial charge in [-0.2, -0.15) is 0 Å². The van der Waals surface area contributed by atoms with Crippen LogP contribution in [0.15, 0.2) is 12.7 Å². The quantitative estimate of drug-likeness (QED) is 0.503. The predicted octanol–water partition coefficient (Wildman–Crippen LogP) is -0.0144. The highest BCUT2D eigenvalue weighted by Crippen LogP contribution is 1.93. The molecule has 1 unspecified atom stereocenters. The molecule has 0 radical (unpaired) electrons. The van der Waals surface area contributed by atoms with E-state index in [0.29, 0.717) is 0 Å². The second-order valence-electron chi connectivity index (χ2n) is 2.15. The lowest BCUT2D eigenvalue weighted by atomic mass is 10.3. The van der Waals surface area contributed by atoms with Gasteiger partial charge in [0.2, 0.25) is 5.91 Å². The zero-order valence-corrected chi connectivity index (χ0v) is 8.62. The standard InChI is InChI=1S/C4H10O3S.C3H5NO/c1-3-4(2)7-8(5)6;1-2-3(4)5/h4,8H,3H2,1-2H3;2H,1H2,(H2,4,5). The molecule has 5 nitrogen and oxygen atoms in total. The van der Waals surface area contributed by atoms with Gasteiger partial charge in [0.05, 0.1) is 6.10 Å². The first-order chi connectivity index (χ1) is 5.93. The Hall–Kier alpha value is -0.880. The van der Waals surface area contributed by atoms with E-state index in [9.17, 15) is 13.2 Å². The Morgan fingerprint density at radius 1 is 1.69 bits per heavy atom. The van der Waals surface area contributed by atoms with Crippen molar-refractivity contribution in [3.8, 4) is 0 Å². The van der Waals surface area contributed by atoms with E-state index in [0.717, 1.165) is 12.5 Å². The van der Waals surface area contributed by atoms with Gasteiger partial charge in [-0.3, -0.25) is 8.98 Å². The molecule has 0 aromatic carbocycles. The van der Waals surface area contributed by atoms with Gasteiger partial charge in [-0.1, -0.05) is 13.5 Å². The van der Waals surface area contributed by atoms with E-state index >= 15 is 0 Å². The first-order valence-electron chi connectivity index (χ1n) is 3.67. The van der Waals surface area contributed by atoms with Crippen LogP contribution in [0.2, 0.25) is 0 Å². The molecule has 0 spiro atoms. The van der Waals surface area contributed by atoms with Crippen molar-refractivity contribution >= 4 is 16.9 Å². The van der Waals surface area contributed by atoms with Crippen LogP contribution < -0.4 is 5.73 Å². The fourth-order valence-electron chi connectivity index (χ4n) is 0.221. The van der Waals surface area contributed by atoms with E-state index in [1.54, 1.807) is 6.92 Å². The Labute approximate surface area is 79.7 Å². The van der Waals surface area contributed by atoms with E-state index in [4.69, 9.17) is 0 Å². The molecule has 1 amide bonds. The number of hydrogen-bond acceptors (Lipinski definition) is 4. The van der Waals surface area contributed by atoms with Gasteiger partial charge in [-0.15, -0.1) is 0 Å². The maximum Gasteiger partial charge on any atom is 0.257 e. The number of primary amides is 1. The lowest BCUT2D eigenvalue weighted by Gasteiger charge is -2.00. The smallest absolute Gasteiger partial charge is 0.257 e. The molecular weight excluding hydrogens is 194 g/mol. The summed E-state index contributed by atoms with van der Waals surface area (Å²) in [5.74, 6) is -0.481. The van der Waals surface area contributed by atoms with Gasteiger partial charge in [0.25, 0.3) is 11.0 Å². The Balaban J connectivity index is 0. The maximum atomic E-state index is 9.78. The molecule has 0 fully saturated rings. The van der Waals surface area contributed by atoms with Crippen LogP contribution in [-0.4, -0.2) is 20.4 Å². The van der Waals surface area contributed by atoms with Gasteiger partial charge >= 0.3 is 0 Å². The third kappa shape index (κ3) is 18.2. The summed E-state index contributed by atoms with van der Waals surface area (Å²) in [4.78, 5) is 9.47. The molecule has 13 heavy (non-hydrogen) atoms. The minimum absolute atomic E-state index is 0.170. The Bertz CT molecular complexity index is 217. The molecule has 0 rings (SSSR count). The molecule has 2 N–H and O–H groups in total. The highest BCUT2D eigenvalue weighted by molar-refractivity contribution is 7.67. The van der Waals surface area contributed by atoms with E-state index in [-0.39, 0.29) is 6.10 Å². The Kier molecular flexibility index (Phi) is 10.4. The van der Waals surface area contributed by atoms with Crippen LogP contribution in [0.1, 0.15) is 20.3 Å². The molecule has 6 heteroatoms. The topological polar surface area (TPSA) is 86.5 Å². The van der Waals surface area contributed by atoms with Crippen molar-refractivity contribution in [2.45, 2.75) is 26.4 Å². The van der Waals surface area contributed by atoms with Crippen LogP contribution >= 0.6 is 0 Å². The number of amides is 1. The van der Waals surface area contributed by atoms with E-state index in [1.165, 1.54) is 0 Å². The van der Waals surface area contributed by atoms with Gasteiger partial charge in [-0.25, -0.2) is 8.42 Å². The van der Waals surface area contributed by atoms with Gasteiger partial charge in [0.15, 0.2) is 0 Å². The summed E-state index contributed by atoms with van der Waals surface area (Å²) in [7, 11) is -2.65. The summed E-state index contributed by atoms with van der Waals surface area (Å²) in [5, 5.41) is 0. The van der Waals surface area contributed by atoms with Crippen LogP contribution in [0, 0.1) is 0 Å². The Morgan fingerprint density at radius 3 is 2.15 bits per heavy atom. The summed E-state index contributed by atoms with van der Waals surface area (Å²) in [6, 6.07) is 0. The van der Waals surface area contributed by atoms with Gasteiger partial charge in [0, 0.05) is 0 Å². The zero-order chi connectivity index (χ0) is 10.9. The molecule has 0 aliphatic carbocycles. The van der Waals surface area contributed by atoms with Crippen molar-refractivity contribution in [1.82, 2.24) is 0 Å². The average Bonchev–Trinajstić information content (AvgIpc) is 2.04. The number of carbonyl (C=O) groups excluding carboxylic acids is 1. The van der Waals surface area contributed by atoms with Crippen LogP contribution in [0.5, 0.6) is 0 Å². The van der Waals surface area contributed by atoms with Crippen molar-refractivity contribution in [3.05, 3.63) is 12.7 Å². The second-order valence-corrected chi connectivity index (χ2v) is 2.81. The molecule has 0 aromatic heterocycles. The fourth-order valence-corrected chi connectivity index (χ4v) is 0.664. The SMILES string of the molecule is C=CC(N)=O.CCC(C)O[SH](=O)=O. The highest BCUT2D eigenvalue weighted by Gasteiger charge is 1.96. The van der Waals surface area contributed by atoms with Gasteiger partial charge in [-0.05, 0) is 19.4 Å². The molecule has 0 heterocycles. The molecule has 0 aliphatic rings. The van der Waals surface area contributed by atoms with Gasteiger partial charge in [0.1, 0.15) is 0 Å². The van der Waals surface area contributed by atoms with Crippen molar-refractivity contribution in [1.29, 1.82) is 0 Å². The van der Waals surface area contributed by atoms with Crippen molar-refractivity contribution < 1.29 is 17.4 Å². The molecule has 0 aliphatic heterocycles. The van der Waals surface area contributed by atoms with E-state index < -0.39 is 16.9 Å². The summed E-state index contributed by atoms with van der Waals surface area (Å²) in [6.07, 6.45) is 1.61. The molecule has 78 valence electrons. The largest absolute Gasteiger partial charge is 0.366 e. The van der Waals surface area contributed by atoms with Crippen molar-refractivity contribution in [3.63, 3.8) is 0 Å². The van der Waals surface area contributed by atoms with E-state index in [1.807, 2.05) is 6.92 Å². The predicted molar refractivity (Wildman–Crippen MR) is 50.5 cm³/mol. The molecule has 0 saturated carbocycles. The normalized spacial score (nSPS) is 11.3. The number of rotatable bonds is 4. The first-order valence-corrected chi connectivity index (χ1v) is 4.76. The number of hydrogen-bond donors (Lipinski definition) is 2. The lowest BCUT2D eigenvalue weighted by molar-refractivity contribution is -0.113. The molecule has 0 bridgehead atoms. The van der Waals surface area contributed by atoms with Crippen molar-refractivity contribution in [2.24, 2.45) is 5.73 Å². The lowest BCUT2D eigenvalue weighted by Crippen LogP contribution is -2.04. The third-order valence-electron chi connectivity index (χ3n) is 1.04. The minimum Gasteiger partial charge on any atom is -0.366 e. The summed E-state index contributed by atoms with van der Waals surface area (Å²) >= 11 is 0. The zero-order valence-electron chi connectivity index (χ0n) is 7.73. The van der Waals surface area contributed by atoms with Crippen LogP contribution in [0.3, 0.4) is 0 Å². The van der Waals surface area contributed by atoms with Crippen LogP contribution in [0.25, 0.3) is 0 Å². The number of carbonyl (C=O) groups is 1. The summed E-state index contributed by atoms with van der Waals surface area (Å²) in [6.45, 7) is 6.66.